The molecule has 1 saturated heterocycles. The summed E-state index contributed by atoms with van der Waals surface area (Å²) in [6.45, 7) is 5.95. The molecule has 2 unspecified atom stereocenters. The number of β-amino-alcohol motifs (C(OH)–C–C–N with tert-alkyl or cyclic N) is 1. The number of rotatable bonds is 5. The van der Waals surface area contributed by atoms with Crippen molar-refractivity contribution in [1.82, 2.24) is 14.5 Å². The number of anilines is 1. The lowest BCUT2D eigenvalue weighted by Crippen LogP contribution is -2.60. The zero-order chi connectivity index (χ0) is 27.6. The molecule has 1 saturated carbocycles. The van der Waals surface area contributed by atoms with Crippen molar-refractivity contribution >= 4 is 17.4 Å². The molecular weight excluding hydrogens is 522 g/mol. The van der Waals surface area contributed by atoms with Crippen LogP contribution in [-0.2, 0) is 0 Å². The van der Waals surface area contributed by atoms with E-state index in [0.717, 1.165) is 23.1 Å². The summed E-state index contributed by atoms with van der Waals surface area (Å²) in [4.78, 5) is 23.9. The Morgan fingerprint density at radius 2 is 1.77 bits per heavy atom. The smallest absolute Gasteiger partial charge is 0.274 e. The van der Waals surface area contributed by atoms with Crippen LogP contribution < -0.4 is 10.5 Å². The molecule has 6 nitrogen and oxygen atoms in total. The van der Waals surface area contributed by atoms with Gasteiger partial charge in [0.2, 0.25) is 0 Å². The van der Waals surface area contributed by atoms with Gasteiger partial charge >= 0.3 is 0 Å². The molecule has 0 bridgehead atoms. The second-order valence-corrected chi connectivity index (χ2v) is 11.3. The fraction of sp³-hybridized carbons (Fsp3) is 0.300. The van der Waals surface area contributed by atoms with E-state index in [4.69, 9.17) is 11.6 Å². The molecule has 200 valence electrons. The number of benzene rings is 1. The molecule has 0 amide bonds. The second-order valence-electron chi connectivity index (χ2n) is 10.9. The maximum absolute atomic E-state index is 15.6. The van der Waals surface area contributed by atoms with E-state index >= 15 is 4.39 Å². The molecule has 4 aromatic rings. The first-order valence-electron chi connectivity index (χ1n) is 12.8. The highest BCUT2D eigenvalue weighted by molar-refractivity contribution is 6.31. The molecule has 1 aliphatic carbocycles. The van der Waals surface area contributed by atoms with E-state index in [1.807, 2.05) is 19.9 Å². The lowest BCUT2D eigenvalue weighted by atomic mass is 9.96. The predicted molar refractivity (Wildman–Crippen MR) is 147 cm³/mol. The van der Waals surface area contributed by atoms with Gasteiger partial charge in [-0.1, -0.05) is 23.7 Å². The van der Waals surface area contributed by atoms with Gasteiger partial charge in [-0.3, -0.25) is 14.3 Å². The van der Waals surface area contributed by atoms with Crippen molar-refractivity contribution < 1.29 is 13.9 Å². The van der Waals surface area contributed by atoms with E-state index in [2.05, 4.69) is 9.97 Å². The highest BCUT2D eigenvalue weighted by atomic mass is 35.5. The van der Waals surface area contributed by atoms with Crippen molar-refractivity contribution in [2.24, 2.45) is 0 Å². The Morgan fingerprint density at radius 3 is 2.46 bits per heavy atom. The minimum Gasteiger partial charge on any atom is -0.386 e. The third-order valence-electron chi connectivity index (χ3n) is 7.67. The fourth-order valence-electron chi connectivity index (χ4n) is 5.60. The molecular formula is C30H27ClF2N4O2. The zero-order valence-electron chi connectivity index (χ0n) is 21.8. The van der Waals surface area contributed by atoms with Crippen LogP contribution >= 0.6 is 11.6 Å². The summed E-state index contributed by atoms with van der Waals surface area (Å²) in [6.07, 6.45) is 3.96. The van der Waals surface area contributed by atoms with Crippen LogP contribution in [0.5, 0.6) is 0 Å². The van der Waals surface area contributed by atoms with E-state index in [1.165, 1.54) is 22.9 Å². The molecule has 4 heterocycles. The number of hydrogen-bond acceptors (Lipinski definition) is 5. The minimum atomic E-state index is -0.872. The molecule has 0 radical (unpaired) electrons. The van der Waals surface area contributed by atoms with Crippen molar-refractivity contribution in [3.63, 3.8) is 0 Å². The molecule has 2 atom stereocenters. The standard InChI is InChI=1S/C30H27ClF2N4O2/c1-16-13-35-24(20-8-9-34-28(27(20)33)36-14-30(3,39)15-36)12-25(16)37-17(2)10-23(26(31)29(37)38)22-11-21(22)18-4-6-19(32)7-5-18/h4-10,12-13,21-22,39H,11,14-15H2,1-3H3. The summed E-state index contributed by atoms with van der Waals surface area (Å²) in [5.41, 5.74) is 3.18. The Labute approximate surface area is 229 Å². The molecule has 3 aromatic heterocycles. The lowest BCUT2D eigenvalue weighted by molar-refractivity contribution is 0.0301. The van der Waals surface area contributed by atoms with Gasteiger partial charge in [0.05, 0.1) is 17.0 Å². The number of pyridine rings is 3. The minimum absolute atomic E-state index is 0.0877. The van der Waals surface area contributed by atoms with Gasteiger partial charge in [0.25, 0.3) is 5.56 Å². The zero-order valence-corrected chi connectivity index (χ0v) is 22.5. The van der Waals surface area contributed by atoms with Crippen LogP contribution in [0.1, 0.15) is 47.6 Å². The molecule has 1 aliphatic heterocycles. The molecule has 2 fully saturated rings. The maximum Gasteiger partial charge on any atom is 0.274 e. The third kappa shape index (κ3) is 4.51. The molecule has 1 N–H and O–H groups in total. The number of aromatic nitrogens is 3. The van der Waals surface area contributed by atoms with Crippen molar-refractivity contribution in [1.29, 1.82) is 0 Å². The Morgan fingerprint density at radius 1 is 1.05 bits per heavy atom. The number of aliphatic hydroxyl groups is 1. The van der Waals surface area contributed by atoms with E-state index in [-0.39, 0.29) is 52.7 Å². The van der Waals surface area contributed by atoms with Gasteiger partial charge in [-0.15, -0.1) is 0 Å². The normalized spacial score (nSPS) is 19.6. The van der Waals surface area contributed by atoms with E-state index in [9.17, 15) is 14.3 Å². The predicted octanol–water partition coefficient (Wildman–Crippen LogP) is 5.69. The van der Waals surface area contributed by atoms with Crippen LogP contribution in [0.4, 0.5) is 14.6 Å². The van der Waals surface area contributed by atoms with E-state index < -0.39 is 11.4 Å². The molecule has 2 aliphatic rings. The van der Waals surface area contributed by atoms with Gasteiger partial charge in [-0.05, 0) is 86.1 Å². The van der Waals surface area contributed by atoms with Gasteiger partial charge in [0, 0.05) is 36.7 Å². The highest BCUT2D eigenvalue weighted by Gasteiger charge is 2.42. The first-order valence-corrected chi connectivity index (χ1v) is 13.2. The average Bonchev–Trinajstić information content (AvgIpc) is 3.67. The third-order valence-corrected chi connectivity index (χ3v) is 8.05. The van der Waals surface area contributed by atoms with Crippen molar-refractivity contribution in [2.75, 3.05) is 18.0 Å². The van der Waals surface area contributed by atoms with Crippen LogP contribution in [0.25, 0.3) is 16.9 Å². The Bertz CT molecular complexity index is 1660. The van der Waals surface area contributed by atoms with Gasteiger partial charge in [-0.2, -0.15) is 0 Å². The lowest BCUT2D eigenvalue weighted by Gasteiger charge is -2.45. The summed E-state index contributed by atoms with van der Waals surface area (Å²) in [5.74, 6) is -0.385. The monoisotopic (exact) mass is 548 g/mol. The number of halogens is 3. The highest BCUT2D eigenvalue weighted by Crippen LogP contribution is 2.55. The van der Waals surface area contributed by atoms with Gasteiger partial charge in [0.1, 0.15) is 10.8 Å². The van der Waals surface area contributed by atoms with Crippen LogP contribution in [0.15, 0.2) is 59.7 Å². The van der Waals surface area contributed by atoms with Gasteiger partial charge < -0.3 is 10.0 Å². The molecule has 0 spiro atoms. The van der Waals surface area contributed by atoms with Gasteiger partial charge in [-0.25, -0.2) is 13.8 Å². The summed E-state index contributed by atoms with van der Waals surface area (Å²) in [7, 11) is 0. The molecule has 39 heavy (non-hydrogen) atoms. The van der Waals surface area contributed by atoms with Crippen molar-refractivity contribution in [2.45, 2.75) is 44.6 Å². The summed E-state index contributed by atoms with van der Waals surface area (Å²) >= 11 is 6.67. The SMILES string of the molecule is Cc1cnc(-c2ccnc(N3CC(C)(O)C3)c2F)cc1-n1c(C)cc(C2CC2c2ccc(F)cc2)c(Cl)c1=O. The number of hydrogen-bond donors (Lipinski definition) is 1. The molecule has 9 heteroatoms. The maximum atomic E-state index is 15.6. The Kier molecular flexibility index (Phi) is 6.08. The van der Waals surface area contributed by atoms with Gasteiger partial charge in [0.15, 0.2) is 11.6 Å². The topological polar surface area (TPSA) is 71.2 Å². The first kappa shape index (κ1) is 25.6. The van der Waals surface area contributed by atoms with Crippen LogP contribution in [0, 0.1) is 25.5 Å². The van der Waals surface area contributed by atoms with Crippen molar-refractivity contribution in [3.05, 3.63) is 104 Å². The van der Waals surface area contributed by atoms with Crippen LogP contribution in [0.3, 0.4) is 0 Å². The Hall–Kier alpha value is -3.62. The summed E-state index contributed by atoms with van der Waals surface area (Å²) < 4.78 is 30.4. The average molecular weight is 549 g/mol. The van der Waals surface area contributed by atoms with Crippen LogP contribution in [0.2, 0.25) is 5.02 Å². The Balaban J connectivity index is 1.36. The summed E-state index contributed by atoms with van der Waals surface area (Å²) in [5, 5.41) is 10.2. The largest absolute Gasteiger partial charge is 0.386 e. The number of nitrogens with zero attached hydrogens (tertiary/aromatic N) is 4. The van der Waals surface area contributed by atoms with Crippen molar-refractivity contribution in [3.8, 4) is 16.9 Å². The molecule has 6 rings (SSSR count). The first-order chi connectivity index (χ1) is 18.5. The fourth-order valence-corrected chi connectivity index (χ4v) is 5.88. The van der Waals surface area contributed by atoms with Crippen LogP contribution in [-0.4, -0.2) is 38.3 Å². The number of aryl methyl sites for hydroxylation is 2. The molecule has 1 aromatic carbocycles. The second kappa shape index (κ2) is 9.24. The summed E-state index contributed by atoms with van der Waals surface area (Å²) in [6, 6.07) is 11.6. The quantitative estimate of drug-likeness (QED) is 0.347. The van der Waals surface area contributed by atoms with E-state index in [0.29, 0.717) is 17.1 Å². The van der Waals surface area contributed by atoms with E-state index in [1.54, 1.807) is 42.3 Å².